The zero-order valence-corrected chi connectivity index (χ0v) is 14.7. The maximum atomic E-state index is 12.1. The summed E-state index contributed by atoms with van der Waals surface area (Å²) in [5.41, 5.74) is 5.29. The van der Waals surface area contributed by atoms with Crippen LogP contribution in [0.1, 0.15) is 47.6 Å². The largest absolute Gasteiger partial charge is 0.356 e. The van der Waals surface area contributed by atoms with Crippen molar-refractivity contribution >= 4 is 5.91 Å². The van der Waals surface area contributed by atoms with E-state index in [0.29, 0.717) is 24.9 Å². The van der Waals surface area contributed by atoms with E-state index in [1.54, 1.807) is 12.7 Å². The van der Waals surface area contributed by atoms with Crippen molar-refractivity contribution in [1.29, 1.82) is 0 Å². The molecule has 1 aromatic heterocycles. The Morgan fingerprint density at radius 1 is 1.17 bits per heavy atom. The number of benzene rings is 1. The van der Waals surface area contributed by atoms with Gasteiger partial charge in [0.05, 0.1) is 0 Å². The summed E-state index contributed by atoms with van der Waals surface area (Å²) in [6, 6.07) is 4.89. The molecule has 3 rings (SSSR count). The van der Waals surface area contributed by atoms with Gasteiger partial charge in [0.25, 0.3) is 0 Å². The van der Waals surface area contributed by atoms with E-state index >= 15 is 0 Å². The van der Waals surface area contributed by atoms with Crippen LogP contribution < -0.4 is 5.32 Å². The minimum atomic E-state index is 0.171. The number of aromatic nitrogens is 3. The molecule has 128 valence electrons. The zero-order valence-electron chi connectivity index (χ0n) is 14.7. The summed E-state index contributed by atoms with van der Waals surface area (Å²) in [6.07, 6.45) is 7.13. The quantitative estimate of drug-likeness (QED) is 0.888. The molecule has 1 aliphatic rings. The smallest absolute Gasteiger partial charge is 0.220 e. The molecule has 0 saturated heterocycles. The van der Waals surface area contributed by atoms with Crippen LogP contribution in [-0.2, 0) is 11.2 Å². The molecule has 0 spiro atoms. The van der Waals surface area contributed by atoms with Crippen LogP contribution in [0.2, 0.25) is 0 Å². The molecule has 1 fully saturated rings. The standard InChI is InChI=1S/C19H26N4O/c1-13-6-14(2)18(15(3)7-13)4-5-20-19(24)10-16-8-17(9-16)23-11-21-22-12-23/h6-7,11-12,16-17H,4-5,8-10H2,1-3H3,(H,20,24). The highest BCUT2D eigenvalue weighted by Crippen LogP contribution is 2.39. The second-order valence-electron chi connectivity index (χ2n) is 7.08. The van der Waals surface area contributed by atoms with Crippen LogP contribution in [-0.4, -0.2) is 27.2 Å². The molecule has 1 aliphatic carbocycles. The van der Waals surface area contributed by atoms with E-state index in [9.17, 15) is 4.79 Å². The maximum Gasteiger partial charge on any atom is 0.220 e. The van der Waals surface area contributed by atoms with Gasteiger partial charge in [0, 0.05) is 19.0 Å². The van der Waals surface area contributed by atoms with Gasteiger partial charge in [-0.1, -0.05) is 17.7 Å². The molecule has 5 heteroatoms. The fourth-order valence-electron chi connectivity index (χ4n) is 3.77. The second-order valence-corrected chi connectivity index (χ2v) is 7.08. The van der Waals surface area contributed by atoms with Crippen molar-refractivity contribution in [2.45, 2.75) is 52.5 Å². The van der Waals surface area contributed by atoms with Crippen LogP contribution in [0.3, 0.4) is 0 Å². The Labute approximate surface area is 143 Å². The van der Waals surface area contributed by atoms with Crippen molar-refractivity contribution < 1.29 is 4.79 Å². The van der Waals surface area contributed by atoms with Gasteiger partial charge < -0.3 is 9.88 Å². The lowest BCUT2D eigenvalue weighted by Crippen LogP contribution is -2.33. The third-order valence-electron chi connectivity index (χ3n) is 5.08. The Balaban J connectivity index is 1.39. The maximum absolute atomic E-state index is 12.1. The Hall–Kier alpha value is -2.17. The van der Waals surface area contributed by atoms with E-state index in [1.807, 2.05) is 4.57 Å². The van der Waals surface area contributed by atoms with Gasteiger partial charge in [-0.25, -0.2) is 0 Å². The number of nitrogens with zero attached hydrogens (tertiary/aromatic N) is 3. The second kappa shape index (κ2) is 7.16. The van der Waals surface area contributed by atoms with E-state index in [2.05, 4.69) is 48.4 Å². The highest BCUT2D eigenvalue weighted by atomic mass is 16.1. The average molecular weight is 326 g/mol. The van der Waals surface area contributed by atoms with E-state index in [1.165, 1.54) is 22.3 Å². The third kappa shape index (κ3) is 3.83. The normalized spacial score (nSPS) is 19.8. The highest BCUT2D eigenvalue weighted by molar-refractivity contribution is 5.76. The number of amides is 1. The summed E-state index contributed by atoms with van der Waals surface area (Å²) >= 11 is 0. The minimum Gasteiger partial charge on any atom is -0.356 e. The van der Waals surface area contributed by atoms with Crippen LogP contribution in [0, 0.1) is 26.7 Å². The Bertz CT molecular complexity index is 679. The third-order valence-corrected chi connectivity index (χ3v) is 5.08. The highest BCUT2D eigenvalue weighted by Gasteiger charge is 2.31. The van der Waals surface area contributed by atoms with E-state index in [0.717, 1.165) is 19.3 Å². The first kappa shape index (κ1) is 16.7. The van der Waals surface area contributed by atoms with Crippen molar-refractivity contribution in [2.75, 3.05) is 6.54 Å². The van der Waals surface area contributed by atoms with E-state index in [4.69, 9.17) is 0 Å². The molecule has 0 aliphatic heterocycles. The van der Waals surface area contributed by atoms with Gasteiger partial charge in [0.2, 0.25) is 5.91 Å². The summed E-state index contributed by atoms with van der Waals surface area (Å²) in [7, 11) is 0. The summed E-state index contributed by atoms with van der Waals surface area (Å²) in [6.45, 7) is 7.13. The first-order valence-corrected chi connectivity index (χ1v) is 8.70. The SMILES string of the molecule is Cc1cc(C)c(CCNC(=O)CC2CC(n3cnnc3)C2)c(C)c1. The molecule has 0 bridgehead atoms. The van der Waals surface area contributed by atoms with E-state index in [-0.39, 0.29) is 5.91 Å². The number of aryl methyl sites for hydroxylation is 3. The molecule has 5 nitrogen and oxygen atoms in total. The summed E-state index contributed by atoms with van der Waals surface area (Å²) in [4.78, 5) is 12.1. The number of carbonyl (C=O) groups excluding carboxylic acids is 1. The molecule has 1 heterocycles. The number of nitrogens with one attached hydrogen (secondary N) is 1. The molecular formula is C19H26N4O. The van der Waals surface area contributed by atoms with Crippen LogP contribution in [0.4, 0.5) is 0 Å². The monoisotopic (exact) mass is 326 g/mol. The van der Waals surface area contributed by atoms with Crippen molar-refractivity contribution in [1.82, 2.24) is 20.1 Å². The average Bonchev–Trinajstić information content (AvgIpc) is 2.98. The lowest BCUT2D eigenvalue weighted by molar-refractivity contribution is -0.122. The predicted molar refractivity (Wildman–Crippen MR) is 93.8 cm³/mol. The van der Waals surface area contributed by atoms with Gasteiger partial charge in [-0.15, -0.1) is 10.2 Å². The summed E-state index contributed by atoms with van der Waals surface area (Å²) in [5.74, 6) is 0.657. The molecule has 1 amide bonds. The number of hydrogen-bond acceptors (Lipinski definition) is 3. The van der Waals surface area contributed by atoms with Crippen LogP contribution in [0.15, 0.2) is 24.8 Å². The van der Waals surface area contributed by atoms with Gasteiger partial charge in [0.15, 0.2) is 0 Å². The fraction of sp³-hybridized carbons (Fsp3) is 0.526. The van der Waals surface area contributed by atoms with Crippen LogP contribution in [0.5, 0.6) is 0 Å². The zero-order chi connectivity index (χ0) is 17.1. The van der Waals surface area contributed by atoms with Crippen molar-refractivity contribution in [2.24, 2.45) is 5.92 Å². The Morgan fingerprint density at radius 3 is 2.42 bits per heavy atom. The first-order valence-electron chi connectivity index (χ1n) is 8.70. The van der Waals surface area contributed by atoms with Crippen LogP contribution >= 0.6 is 0 Å². The lowest BCUT2D eigenvalue weighted by atomic mass is 9.78. The number of hydrogen-bond donors (Lipinski definition) is 1. The molecule has 2 aromatic rings. The molecule has 1 aromatic carbocycles. The minimum absolute atomic E-state index is 0.171. The topological polar surface area (TPSA) is 59.8 Å². The molecule has 1 N–H and O–H groups in total. The Kier molecular flexibility index (Phi) is 4.97. The molecule has 24 heavy (non-hydrogen) atoms. The predicted octanol–water partition coefficient (Wildman–Crippen LogP) is 2.90. The summed E-state index contributed by atoms with van der Waals surface area (Å²) in [5, 5.41) is 10.7. The van der Waals surface area contributed by atoms with Crippen molar-refractivity contribution in [3.63, 3.8) is 0 Å². The molecule has 0 unspecified atom stereocenters. The van der Waals surface area contributed by atoms with Gasteiger partial charge in [0.1, 0.15) is 12.7 Å². The van der Waals surface area contributed by atoms with Crippen molar-refractivity contribution in [3.05, 3.63) is 47.0 Å². The number of rotatable bonds is 6. The molecule has 0 radical (unpaired) electrons. The van der Waals surface area contributed by atoms with Gasteiger partial charge in [-0.05, 0) is 62.6 Å². The summed E-state index contributed by atoms with van der Waals surface area (Å²) < 4.78 is 2.04. The fourth-order valence-corrected chi connectivity index (χ4v) is 3.77. The van der Waals surface area contributed by atoms with Crippen molar-refractivity contribution in [3.8, 4) is 0 Å². The molecule has 1 saturated carbocycles. The van der Waals surface area contributed by atoms with E-state index < -0.39 is 0 Å². The van der Waals surface area contributed by atoms with Gasteiger partial charge in [-0.2, -0.15) is 0 Å². The van der Waals surface area contributed by atoms with Gasteiger partial charge in [-0.3, -0.25) is 4.79 Å². The lowest BCUT2D eigenvalue weighted by Gasteiger charge is -2.35. The molecular weight excluding hydrogens is 300 g/mol. The van der Waals surface area contributed by atoms with Gasteiger partial charge >= 0.3 is 0 Å². The number of carbonyl (C=O) groups is 1. The Morgan fingerprint density at radius 2 is 1.79 bits per heavy atom. The molecule has 0 atom stereocenters. The first-order chi connectivity index (χ1) is 11.5. The van der Waals surface area contributed by atoms with Crippen LogP contribution in [0.25, 0.3) is 0 Å².